The van der Waals surface area contributed by atoms with Crippen LogP contribution >= 0.6 is 12.2 Å². The van der Waals surface area contributed by atoms with Crippen molar-refractivity contribution in [3.8, 4) is 0 Å². The van der Waals surface area contributed by atoms with Crippen LogP contribution in [0.4, 0.5) is 0 Å². The second-order valence-electron chi connectivity index (χ2n) is 7.43. The van der Waals surface area contributed by atoms with Crippen LogP contribution in [0.1, 0.15) is 84.4 Å². The van der Waals surface area contributed by atoms with Crippen molar-refractivity contribution >= 4 is 12.2 Å². The van der Waals surface area contributed by atoms with Crippen LogP contribution in [-0.4, -0.2) is 46.9 Å². The molecule has 1 aliphatic rings. The number of hydrogen-bond acceptors (Lipinski definition) is 4. The third-order valence-corrected chi connectivity index (χ3v) is 5.71. The molecule has 0 aromatic carbocycles. The SMILES string of the molecule is CC.CCCCC.CCCCCN1CCOCC1.Cc1c(C)n(C)c(=O)n(C)c1=S. The molecule has 0 atom stereocenters. The topological polar surface area (TPSA) is 39.4 Å². The molecular formula is C24H49N3O2S. The Morgan fingerprint density at radius 1 is 0.867 bits per heavy atom. The first-order chi connectivity index (χ1) is 14.3. The third kappa shape index (κ3) is 12.7. The first-order valence-corrected chi connectivity index (χ1v) is 12.3. The predicted molar refractivity (Wildman–Crippen MR) is 134 cm³/mol. The minimum Gasteiger partial charge on any atom is -0.379 e. The molecule has 1 fully saturated rings. The molecular weight excluding hydrogens is 394 g/mol. The molecule has 2 heterocycles. The van der Waals surface area contributed by atoms with Crippen LogP contribution in [0.2, 0.25) is 0 Å². The number of nitrogens with zero attached hydrogens (tertiary/aromatic N) is 3. The van der Waals surface area contributed by atoms with Gasteiger partial charge in [-0.2, -0.15) is 0 Å². The first kappa shape index (κ1) is 31.2. The summed E-state index contributed by atoms with van der Waals surface area (Å²) in [6, 6.07) is 0. The van der Waals surface area contributed by atoms with Crippen molar-refractivity contribution in [3.63, 3.8) is 0 Å². The molecule has 1 saturated heterocycles. The molecule has 0 saturated carbocycles. The number of morpholine rings is 1. The molecule has 2 rings (SSSR count). The van der Waals surface area contributed by atoms with E-state index in [1.165, 1.54) is 49.6 Å². The van der Waals surface area contributed by atoms with Crippen LogP contribution < -0.4 is 5.69 Å². The van der Waals surface area contributed by atoms with Gasteiger partial charge in [-0.3, -0.25) is 9.47 Å². The molecule has 0 spiro atoms. The zero-order valence-corrected chi connectivity index (χ0v) is 22.2. The lowest BCUT2D eigenvalue weighted by Gasteiger charge is -2.26. The van der Waals surface area contributed by atoms with Crippen molar-refractivity contribution in [2.75, 3.05) is 32.8 Å². The van der Waals surface area contributed by atoms with Gasteiger partial charge in [-0.1, -0.05) is 78.9 Å². The van der Waals surface area contributed by atoms with Crippen molar-refractivity contribution in [1.29, 1.82) is 0 Å². The van der Waals surface area contributed by atoms with Gasteiger partial charge in [-0.05, 0) is 26.8 Å². The van der Waals surface area contributed by atoms with E-state index < -0.39 is 0 Å². The Hall–Kier alpha value is -0.980. The van der Waals surface area contributed by atoms with Gasteiger partial charge < -0.3 is 9.30 Å². The van der Waals surface area contributed by atoms with Gasteiger partial charge in [-0.25, -0.2) is 4.79 Å². The maximum Gasteiger partial charge on any atom is 0.328 e. The largest absolute Gasteiger partial charge is 0.379 e. The summed E-state index contributed by atoms with van der Waals surface area (Å²) in [6.45, 7) is 19.9. The molecule has 6 heteroatoms. The summed E-state index contributed by atoms with van der Waals surface area (Å²) in [5.41, 5.74) is 1.86. The fourth-order valence-corrected chi connectivity index (χ4v) is 3.10. The standard InChI is InChI=1S/C9H19NO.C8H12N2OS.C5H12.C2H6/c1-2-3-4-5-10-6-8-11-9-7-10;1-5-6(2)9(3)8(11)10(4)7(5)12;1-3-5-4-2;1-2/h2-9H2,1H3;1-4H3;3-5H2,1-2H3;1-2H3. The Morgan fingerprint density at radius 2 is 1.37 bits per heavy atom. The summed E-state index contributed by atoms with van der Waals surface area (Å²) in [5.74, 6) is 0. The summed E-state index contributed by atoms with van der Waals surface area (Å²) in [6.07, 6.45) is 8.13. The molecule has 0 amide bonds. The fourth-order valence-electron chi connectivity index (χ4n) is 2.88. The van der Waals surface area contributed by atoms with Gasteiger partial charge in [0.05, 0.1) is 13.2 Å². The average molecular weight is 444 g/mol. The van der Waals surface area contributed by atoms with E-state index in [1.807, 2.05) is 27.7 Å². The zero-order valence-electron chi connectivity index (χ0n) is 21.3. The highest BCUT2D eigenvalue weighted by Gasteiger charge is 2.08. The van der Waals surface area contributed by atoms with E-state index in [0.29, 0.717) is 4.64 Å². The van der Waals surface area contributed by atoms with Gasteiger partial charge in [0, 0.05) is 38.4 Å². The highest BCUT2D eigenvalue weighted by Crippen LogP contribution is 2.03. The molecule has 30 heavy (non-hydrogen) atoms. The molecule has 1 aliphatic heterocycles. The van der Waals surface area contributed by atoms with E-state index in [1.54, 1.807) is 18.7 Å². The van der Waals surface area contributed by atoms with Crippen LogP contribution in [0.15, 0.2) is 4.79 Å². The molecule has 178 valence electrons. The average Bonchev–Trinajstić information content (AvgIpc) is 2.79. The summed E-state index contributed by atoms with van der Waals surface area (Å²) < 4.78 is 8.97. The number of unbranched alkanes of at least 4 members (excludes halogenated alkanes) is 4. The number of ether oxygens (including phenoxy) is 1. The Bertz CT molecular complexity index is 608. The quantitative estimate of drug-likeness (QED) is 0.411. The van der Waals surface area contributed by atoms with Gasteiger partial charge in [0.15, 0.2) is 0 Å². The van der Waals surface area contributed by atoms with Crippen LogP contribution in [0.3, 0.4) is 0 Å². The highest BCUT2D eigenvalue weighted by atomic mass is 32.1. The van der Waals surface area contributed by atoms with E-state index in [9.17, 15) is 4.79 Å². The molecule has 1 aromatic heterocycles. The van der Waals surface area contributed by atoms with Crippen molar-refractivity contribution < 1.29 is 4.74 Å². The number of rotatable bonds is 6. The maximum atomic E-state index is 11.4. The molecule has 0 N–H and O–H groups in total. The zero-order chi connectivity index (χ0) is 23.5. The van der Waals surface area contributed by atoms with Crippen molar-refractivity contribution in [2.45, 2.75) is 87.0 Å². The highest BCUT2D eigenvalue weighted by molar-refractivity contribution is 7.71. The lowest BCUT2D eigenvalue weighted by Crippen LogP contribution is -2.36. The summed E-state index contributed by atoms with van der Waals surface area (Å²) in [4.78, 5) is 13.9. The molecule has 0 radical (unpaired) electrons. The summed E-state index contributed by atoms with van der Waals surface area (Å²) in [5, 5.41) is 0. The first-order valence-electron chi connectivity index (χ1n) is 11.8. The van der Waals surface area contributed by atoms with Gasteiger partial charge >= 0.3 is 5.69 Å². The minimum atomic E-state index is -0.0666. The molecule has 5 nitrogen and oxygen atoms in total. The number of aromatic nitrogens is 2. The lowest BCUT2D eigenvalue weighted by atomic mass is 10.2. The lowest BCUT2D eigenvalue weighted by molar-refractivity contribution is 0.0372. The minimum absolute atomic E-state index is 0.0666. The van der Waals surface area contributed by atoms with E-state index in [0.717, 1.165) is 37.6 Å². The van der Waals surface area contributed by atoms with Crippen LogP contribution in [-0.2, 0) is 18.8 Å². The fraction of sp³-hybridized carbons (Fsp3) is 0.833. The second-order valence-corrected chi connectivity index (χ2v) is 7.82. The Kier molecular flexibility index (Phi) is 20.8. The van der Waals surface area contributed by atoms with Gasteiger partial charge in [0.25, 0.3) is 0 Å². The van der Waals surface area contributed by atoms with Crippen molar-refractivity contribution in [2.24, 2.45) is 14.1 Å². The molecule has 0 bridgehead atoms. The van der Waals surface area contributed by atoms with Gasteiger partial charge in [0.1, 0.15) is 4.64 Å². The molecule has 1 aromatic rings. The van der Waals surface area contributed by atoms with E-state index in [2.05, 4.69) is 25.7 Å². The second kappa shape index (κ2) is 20.0. The Labute approximate surface area is 191 Å². The van der Waals surface area contributed by atoms with Crippen LogP contribution in [0.25, 0.3) is 0 Å². The summed E-state index contributed by atoms with van der Waals surface area (Å²) in [7, 11) is 3.44. The van der Waals surface area contributed by atoms with E-state index in [4.69, 9.17) is 17.0 Å². The maximum absolute atomic E-state index is 11.4. The smallest absolute Gasteiger partial charge is 0.328 e. The summed E-state index contributed by atoms with van der Waals surface area (Å²) >= 11 is 5.08. The predicted octanol–water partition coefficient (Wildman–Crippen LogP) is 5.80. The van der Waals surface area contributed by atoms with Crippen molar-refractivity contribution in [3.05, 3.63) is 26.4 Å². The molecule has 0 aliphatic carbocycles. The van der Waals surface area contributed by atoms with Gasteiger partial charge in [0.2, 0.25) is 0 Å². The van der Waals surface area contributed by atoms with Crippen molar-refractivity contribution in [1.82, 2.24) is 14.0 Å². The normalized spacial score (nSPS) is 13.2. The third-order valence-electron chi connectivity index (χ3n) is 5.13. The van der Waals surface area contributed by atoms with Crippen LogP contribution in [0.5, 0.6) is 0 Å². The molecule has 0 unspecified atom stereocenters. The van der Waals surface area contributed by atoms with E-state index >= 15 is 0 Å². The Morgan fingerprint density at radius 3 is 1.80 bits per heavy atom. The Balaban J connectivity index is 0. The van der Waals surface area contributed by atoms with E-state index in [-0.39, 0.29) is 5.69 Å². The number of hydrogen-bond donors (Lipinski definition) is 0. The monoisotopic (exact) mass is 443 g/mol. The van der Waals surface area contributed by atoms with Gasteiger partial charge in [-0.15, -0.1) is 0 Å². The van der Waals surface area contributed by atoms with Crippen LogP contribution in [0, 0.1) is 18.5 Å².